The fourth-order valence-corrected chi connectivity index (χ4v) is 7.85. The van der Waals surface area contributed by atoms with Gasteiger partial charge in [0.05, 0.1) is 5.69 Å². The van der Waals surface area contributed by atoms with Crippen molar-refractivity contribution in [2.75, 3.05) is 4.90 Å². The highest BCUT2D eigenvalue weighted by molar-refractivity contribution is 6.22. The smallest absolute Gasteiger partial charge is 0.136 e. The summed E-state index contributed by atoms with van der Waals surface area (Å²) in [7, 11) is 0. The largest absolute Gasteiger partial charge is 0.456 e. The Balaban J connectivity index is 1.11. The third kappa shape index (κ3) is 5.04. The van der Waals surface area contributed by atoms with E-state index in [1.54, 1.807) is 0 Å². The molecule has 0 amide bonds. The van der Waals surface area contributed by atoms with Gasteiger partial charge >= 0.3 is 0 Å². The maximum atomic E-state index is 6.48. The lowest BCUT2D eigenvalue weighted by Gasteiger charge is -2.27. The second-order valence-corrected chi connectivity index (χ2v) is 13.3. The Kier molecular flexibility index (Phi) is 7.18. The van der Waals surface area contributed by atoms with Gasteiger partial charge in [0, 0.05) is 27.5 Å². The van der Waals surface area contributed by atoms with E-state index in [0.29, 0.717) is 0 Å². The summed E-state index contributed by atoms with van der Waals surface area (Å²) in [4.78, 5) is 2.35. The standard InChI is InChI=1S/C50H33NO/c1-3-14-35(15-4-1)45-33-49-50(44-23-11-12-25-48(44)52-49)46-32-37(28-31-43(45)46)41-21-10-9-20-40(41)36-26-29-39(30-27-36)51(38-18-5-2-6-19-38)47-24-13-17-34-16-7-8-22-42(34)47/h1-33H. The van der Waals surface area contributed by atoms with Crippen LogP contribution in [0.15, 0.2) is 205 Å². The second-order valence-electron chi connectivity index (χ2n) is 13.3. The zero-order chi connectivity index (χ0) is 34.4. The number of benzene rings is 9. The highest BCUT2D eigenvalue weighted by Crippen LogP contribution is 2.44. The summed E-state index contributed by atoms with van der Waals surface area (Å²) in [6, 6.07) is 71.6. The molecule has 9 aromatic carbocycles. The van der Waals surface area contributed by atoms with E-state index in [4.69, 9.17) is 4.42 Å². The van der Waals surface area contributed by atoms with E-state index in [-0.39, 0.29) is 0 Å². The molecule has 244 valence electrons. The molecule has 10 aromatic rings. The quantitative estimate of drug-likeness (QED) is 0.176. The van der Waals surface area contributed by atoms with Gasteiger partial charge in [-0.1, -0.05) is 152 Å². The molecule has 52 heavy (non-hydrogen) atoms. The Morgan fingerprint density at radius 3 is 1.73 bits per heavy atom. The Hall–Kier alpha value is -6.90. The van der Waals surface area contributed by atoms with Crippen LogP contribution in [0.4, 0.5) is 17.1 Å². The van der Waals surface area contributed by atoms with Crippen molar-refractivity contribution in [1.82, 2.24) is 0 Å². The average molecular weight is 664 g/mol. The predicted octanol–water partition coefficient (Wildman–Crippen LogP) is 14.4. The molecule has 0 saturated carbocycles. The lowest BCUT2D eigenvalue weighted by atomic mass is 9.90. The minimum Gasteiger partial charge on any atom is -0.456 e. The Bertz CT molecular complexity index is 2880. The van der Waals surface area contributed by atoms with Crippen LogP contribution in [-0.4, -0.2) is 0 Å². The molecule has 0 aliphatic heterocycles. The van der Waals surface area contributed by atoms with Crippen molar-refractivity contribution >= 4 is 60.5 Å². The zero-order valence-corrected chi connectivity index (χ0v) is 28.4. The monoisotopic (exact) mass is 663 g/mol. The van der Waals surface area contributed by atoms with E-state index in [9.17, 15) is 0 Å². The third-order valence-electron chi connectivity index (χ3n) is 10.3. The maximum Gasteiger partial charge on any atom is 0.136 e. The number of para-hydroxylation sites is 2. The summed E-state index contributed by atoms with van der Waals surface area (Å²) in [6.07, 6.45) is 0. The molecule has 0 N–H and O–H groups in total. The number of fused-ring (bicyclic) bond motifs is 6. The van der Waals surface area contributed by atoms with E-state index in [0.717, 1.165) is 39.0 Å². The number of furan rings is 1. The normalized spacial score (nSPS) is 11.5. The van der Waals surface area contributed by atoms with Crippen LogP contribution in [0.5, 0.6) is 0 Å². The first-order valence-corrected chi connectivity index (χ1v) is 17.8. The van der Waals surface area contributed by atoms with Crippen molar-refractivity contribution in [3.8, 4) is 33.4 Å². The maximum absolute atomic E-state index is 6.48. The molecule has 0 saturated heterocycles. The number of nitrogens with zero attached hydrogens (tertiary/aromatic N) is 1. The summed E-state index contributed by atoms with van der Waals surface area (Å²) in [5.41, 5.74) is 12.3. The molecule has 10 rings (SSSR count). The number of hydrogen-bond acceptors (Lipinski definition) is 2. The first-order valence-electron chi connectivity index (χ1n) is 17.8. The molecule has 0 bridgehead atoms. The van der Waals surface area contributed by atoms with Crippen LogP contribution >= 0.6 is 0 Å². The number of anilines is 3. The lowest BCUT2D eigenvalue weighted by molar-refractivity contribution is 0.669. The van der Waals surface area contributed by atoms with Crippen LogP contribution in [0.25, 0.3) is 76.9 Å². The molecule has 1 aromatic heterocycles. The van der Waals surface area contributed by atoms with Gasteiger partial charge in [0.2, 0.25) is 0 Å². The molecule has 0 aliphatic carbocycles. The highest BCUT2D eigenvalue weighted by atomic mass is 16.3. The molecule has 0 unspecified atom stereocenters. The van der Waals surface area contributed by atoms with Gasteiger partial charge in [0.25, 0.3) is 0 Å². The van der Waals surface area contributed by atoms with Gasteiger partial charge in [-0.05, 0) is 98.1 Å². The van der Waals surface area contributed by atoms with Crippen LogP contribution < -0.4 is 4.90 Å². The second kappa shape index (κ2) is 12.5. The van der Waals surface area contributed by atoms with Crippen molar-refractivity contribution < 1.29 is 4.42 Å². The van der Waals surface area contributed by atoms with Crippen LogP contribution in [-0.2, 0) is 0 Å². The minimum atomic E-state index is 0.905. The fraction of sp³-hybridized carbons (Fsp3) is 0. The molecule has 2 nitrogen and oxygen atoms in total. The number of rotatable bonds is 6. The molecule has 0 spiro atoms. The highest BCUT2D eigenvalue weighted by Gasteiger charge is 2.18. The van der Waals surface area contributed by atoms with Crippen molar-refractivity contribution in [2.45, 2.75) is 0 Å². The SMILES string of the molecule is c1ccc(-c2cc3oc4ccccc4c3c3cc(-c4ccccc4-c4ccc(N(c5ccccc5)c5cccc6ccccc56)cc4)ccc23)cc1. The first kappa shape index (κ1) is 30.0. The van der Waals surface area contributed by atoms with Crippen LogP contribution in [0.2, 0.25) is 0 Å². The Morgan fingerprint density at radius 1 is 0.327 bits per heavy atom. The van der Waals surface area contributed by atoms with Crippen molar-refractivity contribution in [3.05, 3.63) is 200 Å². The lowest BCUT2D eigenvalue weighted by Crippen LogP contribution is -2.10. The zero-order valence-electron chi connectivity index (χ0n) is 28.4. The van der Waals surface area contributed by atoms with E-state index in [1.807, 2.05) is 6.07 Å². The number of hydrogen-bond donors (Lipinski definition) is 0. The van der Waals surface area contributed by atoms with Gasteiger partial charge in [0.1, 0.15) is 11.2 Å². The molecule has 0 radical (unpaired) electrons. The van der Waals surface area contributed by atoms with E-state index in [2.05, 4.69) is 199 Å². The van der Waals surface area contributed by atoms with Gasteiger partial charge in [0.15, 0.2) is 0 Å². The topological polar surface area (TPSA) is 16.4 Å². The molecular formula is C50H33NO. The van der Waals surface area contributed by atoms with Gasteiger partial charge < -0.3 is 9.32 Å². The molecular weight excluding hydrogens is 631 g/mol. The van der Waals surface area contributed by atoms with E-state index >= 15 is 0 Å². The van der Waals surface area contributed by atoms with Crippen molar-refractivity contribution in [3.63, 3.8) is 0 Å². The predicted molar refractivity (Wildman–Crippen MR) is 220 cm³/mol. The van der Waals surface area contributed by atoms with Gasteiger partial charge in [-0.2, -0.15) is 0 Å². The van der Waals surface area contributed by atoms with E-state index < -0.39 is 0 Å². The van der Waals surface area contributed by atoms with Crippen LogP contribution in [0.3, 0.4) is 0 Å². The van der Waals surface area contributed by atoms with Crippen LogP contribution in [0, 0.1) is 0 Å². The summed E-state index contributed by atoms with van der Waals surface area (Å²) in [5, 5.41) is 7.14. The van der Waals surface area contributed by atoms with Crippen molar-refractivity contribution in [1.29, 1.82) is 0 Å². The summed E-state index contributed by atoms with van der Waals surface area (Å²) in [5.74, 6) is 0. The molecule has 0 atom stereocenters. The van der Waals surface area contributed by atoms with Crippen LogP contribution in [0.1, 0.15) is 0 Å². The van der Waals surface area contributed by atoms with Gasteiger partial charge in [-0.3, -0.25) is 0 Å². The minimum absolute atomic E-state index is 0.905. The van der Waals surface area contributed by atoms with Gasteiger partial charge in [-0.15, -0.1) is 0 Å². The summed E-state index contributed by atoms with van der Waals surface area (Å²) in [6.45, 7) is 0. The van der Waals surface area contributed by atoms with E-state index in [1.165, 1.54) is 54.9 Å². The first-order chi connectivity index (χ1) is 25.8. The van der Waals surface area contributed by atoms with Gasteiger partial charge in [-0.25, -0.2) is 0 Å². The summed E-state index contributed by atoms with van der Waals surface area (Å²) >= 11 is 0. The van der Waals surface area contributed by atoms with Crippen molar-refractivity contribution in [2.24, 2.45) is 0 Å². The third-order valence-corrected chi connectivity index (χ3v) is 10.3. The molecule has 0 fully saturated rings. The molecule has 1 heterocycles. The summed E-state index contributed by atoms with van der Waals surface area (Å²) < 4.78 is 6.48. The Labute approximate surface area is 302 Å². The average Bonchev–Trinajstić information content (AvgIpc) is 3.60. The fourth-order valence-electron chi connectivity index (χ4n) is 7.85. The molecule has 2 heteroatoms. The Morgan fingerprint density at radius 2 is 0.923 bits per heavy atom. The molecule has 0 aliphatic rings.